The number of hydrogen-bond donors (Lipinski definition) is 2. The number of pyridine rings is 1. The fourth-order valence-corrected chi connectivity index (χ4v) is 4.38. The standard InChI is InChI=1S/C24H28N6O3/c1-28-9-11-29(12-10-28)15-20(16-5-3-2-4-6-16)26-22(31)17-13-19-21(25-14-17)30(18-7-8-18)24(33)27-23(19)32/h2-6,13-14,18,20H,7-12,15H2,1H3,(H,26,31)(H,27,32,33). The molecule has 1 saturated heterocycles. The van der Waals surface area contributed by atoms with Crippen LogP contribution in [0.15, 0.2) is 52.2 Å². The first kappa shape index (κ1) is 21.5. The fourth-order valence-electron chi connectivity index (χ4n) is 4.38. The van der Waals surface area contributed by atoms with Crippen LogP contribution in [0.3, 0.4) is 0 Å². The first-order valence-corrected chi connectivity index (χ1v) is 11.4. The highest BCUT2D eigenvalue weighted by Crippen LogP contribution is 2.34. The normalized spacial score (nSPS) is 18.3. The maximum Gasteiger partial charge on any atom is 0.330 e. The first-order chi connectivity index (χ1) is 16.0. The number of benzene rings is 1. The first-order valence-electron chi connectivity index (χ1n) is 11.4. The SMILES string of the molecule is CN1CCN(CC(NC(=O)c2cnc3c(c2)c(=O)[nH]c(=O)n3C2CC2)c2ccccc2)CC1. The molecule has 3 heterocycles. The number of amides is 1. The Morgan fingerprint density at radius 2 is 1.88 bits per heavy atom. The number of carbonyl (C=O) groups is 1. The highest BCUT2D eigenvalue weighted by atomic mass is 16.2. The van der Waals surface area contributed by atoms with Crippen LogP contribution in [0.5, 0.6) is 0 Å². The third-order valence-corrected chi connectivity index (χ3v) is 6.50. The molecule has 1 aromatic carbocycles. The van der Waals surface area contributed by atoms with Crippen LogP contribution in [-0.4, -0.2) is 70.0 Å². The molecule has 1 aliphatic heterocycles. The van der Waals surface area contributed by atoms with Gasteiger partial charge in [0, 0.05) is 45.0 Å². The second-order valence-electron chi connectivity index (χ2n) is 9.00. The van der Waals surface area contributed by atoms with Crippen LogP contribution in [0.2, 0.25) is 0 Å². The fraction of sp³-hybridized carbons (Fsp3) is 0.417. The Kier molecular flexibility index (Phi) is 5.82. The second-order valence-corrected chi connectivity index (χ2v) is 9.00. The van der Waals surface area contributed by atoms with Crippen molar-refractivity contribution in [2.75, 3.05) is 39.8 Å². The highest BCUT2D eigenvalue weighted by Gasteiger charge is 2.28. The Balaban J connectivity index is 1.42. The average molecular weight is 449 g/mol. The van der Waals surface area contributed by atoms with E-state index in [1.54, 1.807) is 0 Å². The number of H-pyrrole nitrogens is 1. The third-order valence-electron chi connectivity index (χ3n) is 6.50. The summed E-state index contributed by atoms with van der Waals surface area (Å²) in [5.74, 6) is -0.295. The minimum Gasteiger partial charge on any atom is -0.344 e. The van der Waals surface area contributed by atoms with E-state index in [1.165, 1.54) is 16.8 Å². The predicted molar refractivity (Wildman–Crippen MR) is 125 cm³/mol. The van der Waals surface area contributed by atoms with E-state index in [4.69, 9.17) is 0 Å². The summed E-state index contributed by atoms with van der Waals surface area (Å²) in [6.45, 7) is 4.58. The molecule has 172 valence electrons. The lowest BCUT2D eigenvalue weighted by Crippen LogP contribution is -2.47. The van der Waals surface area contributed by atoms with Crippen molar-refractivity contribution in [2.45, 2.75) is 24.9 Å². The van der Waals surface area contributed by atoms with Gasteiger partial charge >= 0.3 is 5.69 Å². The molecule has 9 heteroatoms. The van der Waals surface area contributed by atoms with Gasteiger partial charge in [-0.15, -0.1) is 0 Å². The van der Waals surface area contributed by atoms with E-state index in [0.717, 1.165) is 44.6 Å². The van der Waals surface area contributed by atoms with Crippen LogP contribution in [0, 0.1) is 0 Å². The van der Waals surface area contributed by atoms with Crippen LogP contribution in [-0.2, 0) is 0 Å². The number of piperazine rings is 1. The molecule has 2 aromatic heterocycles. The molecule has 1 amide bonds. The van der Waals surface area contributed by atoms with Gasteiger partial charge in [-0.05, 0) is 31.5 Å². The van der Waals surface area contributed by atoms with Crippen molar-refractivity contribution < 1.29 is 4.79 Å². The lowest BCUT2D eigenvalue weighted by molar-refractivity contribution is 0.0907. The number of nitrogens with zero attached hydrogens (tertiary/aromatic N) is 4. The van der Waals surface area contributed by atoms with Crippen LogP contribution in [0.1, 0.15) is 40.8 Å². The van der Waals surface area contributed by atoms with Crippen molar-refractivity contribution in [2.24, 2.45) is 0 Å². The Morgan fingerprint density at radius 1 is 1.15 bits per heavy atom. The van der Waals surface area contributed by atoms with E-state index in [1.807, 2.05) is 30.3 Å². The summed E-state index contributed by atoms with van der Waals surface area (Å²) in [6.07, 6.45) is 3.22. The molecule has 5 rings (SSSR count). The predicted octanol–water partition coefficient (Wildman–Crippen LogP) is 1.14. The zero-order chi connectivity index (χ0) is 22.9. The number of aromatic amines is 1. The smallest absolute Gasteiger partial charge is 0.330 e. The summed E-state index contributed by atoms with van der Waals surface area (Å²) in [6, 6.07) is 11.3. The monoisotopic (exact) mass is 448 g/mol. The minimum absolute atomic E-state index is 0.0649. The van der Waals surface area contributed by atoms with Crippen LogP contribution >= 0.6 is 0 Å². The van der Waals surface area contributed by atoms with Crippen molar-refractivity contribution in [1.82, 2.24) is 29.7 Å². The van der Waals surface area contributed by atoms with Crippen LogP contribution < -0.4 is 16.6 Å². The van der Waals surface area contributed by atoms with Gasteiger partial charge in [0.05, 0.1) is 17.0 Å². The Hall–Kier alpha value is -3.30. The molecule has 33 heavy (non-hydrogen) atoms. The van der Waals surface area contributed by atoms with Crippen molar-refractivity contribution in [3.8, 4) is 0 Å². The molecule has 2 fully saturated rings. The second kappa shape index (κ2) is 8.92. The van der Waals surface area contributed by atoms with Gasteiger partial charge in [0.1, 0.15) is 5.65 Å². The molecule has 3 aromatic rings. The van der Waals surface area contributed by atoms with E-state index < -0.39 is 11.2 Å². The zero-order valence-electron chi connectivity index (χ0n) is 18.7. The van der Waals surface area contributed by atoms with E-state index in [-0.39, 0.29) is 23.4 Å². The lowest BCUT2D eigenvalue weighted by Gasteiger charge is -2.35. The zero-order valence-corrected chi connectivity index (χ0v) is 18.7. The van der Waals surface area contributed by atoms with Crippen LogP contribution in [0.25, 0.3) is 11.0 Å². The number of likely N-dealkylation sites (N-methyl/N-ethyl adjacent to an activating group) is 1. The number of aromatic nitrogens is 3. The lowest BCUT2D eigenvalue weighted by atomic mass is 10.1. The Bertz CT molecular complexity index is 1270. The summed E-state index contributed by atoms with van der Waals surface area (Å²) in [4.78, 5) is 49.3. The van der Waals surface area contributed by atoms with Crippen molar-refractivity contribution >= 4 is 16.9 Å². The van der Waals surface area contributed by atoms with Crippen molar-refractivity contribution in [3.05, 3.63) is 74.6 Å². The van der Waals surface area contributed by atoms with Gasteiger partial charge in [-0.25, -0.2) is 9.78 Å². The molecule has 1 aliphatic carbocycles. The molecule has 9 nitrogen and oxygen atoms in total. The molecule has 0 radical (unpaired) electrons. The molecule has 0 spiro atoms. The van der Waals surface area contributed by atoms with Gasteiger partial charge in [-0.1, -0.05) is 30.3 Å². The number of carbonyl (C=O) groups excluding carboxylic acids is 1. The van der Waals surface area contributed by atoms with Gasteiger partial charge in [0.2, 0.25) is 0 Å². The Labute approximate surface area is 191 Å². The molecule has 0 bridgehead atoms. The van der Waals surface area contributed by atoms with Gasteiger partial charge < -0.3 is 10.2 Å². The summed E-state index contributed by atoms with van der Waals surface area (Å²) in [5, 5.41) is 3.39. The molecular formula is C24H28N6O3. The molecule has 1 atom stereocenters. The molecule has 2 N–H and O–H groups in total. The van der Waals surface area contributed by atoms with E-state index in [0.29, 0.717) is 17.8 Å². The topological polar surface area (TPSA) is 103 Å². The van der Waals surface area contributed by atoms with Gasteiger partial charge in [0.25, 0.3) is 11.5 Å². The number of nitrogens with one attached hydrogen (secondary N) is 2. The Morgan fingerprint density at radius 3 is 2.58 bits per heavy atom. The molecular weight excluding hydrogens is 420 g/mol. The molecule has 1 unspecified atom stereocenters. The van der Waals surface area contributed by atoms with Crippen molar-refractivity contribution in [1.29, 1.82) is 0 Å². The largest absolute Gasteiger partial charge is 0.344 e. The minimum atomic E-state index is -0.522. The van der Waals surface area contributed by atoms with E-state index in [2.05, 4.69) is 32.1 Å². The number of fused-ring (bicyclic) bond motifs is 1. The highest BCUT2D eigenvalue weighted by molar-refractivity contribution is 5.97. The van der Waals surface area contributed by atoms with E-state index >= 15 is 0 Å². The number of rotatable bonds is 6. The van der Waals surface area contributed by atoms with Crippen molar-refractivity contribution in [3.63, 3.8) is 0 Å². The average Bonchev–Trinajstić information content (AvgIpc) is 3.65. The summed E-state index contributed by atoms with van der Waals surface area (Å²) in [5.41, 5.74) is 0.689. The van der Waals surface area contributed by atoms with Gasteiger partial charge in [0.15, 0.2) is 0 Å². The maximum absolute atomic E-state index is 13.2. The molecule has 2 aliphatic rings. The van der Waals surface area contributed by atoms with Gasteiger partial charge in [-0.3, -0.25) is 24.0 Å². The summed E-state index contributed by atoms with van der Waals surface area (Å²) < 4.78 is 1.53. The summed E-state index contributed by atoms with van der Waals surface area (Å²) >= 11 is 0. The van der Waals surface area contributed by atoms with E-state index in [9.17, 15) is 14.4 Å². The molecule has 1 saturated carbocycles. The summed E-state index contributed by atoms with van der Waals surface area (Å²) in [7, 11) is 2.12. The van der Waals surface area contributed by atoms with Gasteiger partial charge in [-0.2, -0.15) is 0 Å². The maximum atomic E-state index is 13.2. The quantitative estimate of drug-likeness (QED) is 0.586. The number of hydrogen-bond acceptors (Lipinski definition) is 6. The third kappa shape index (κ3) is 4.60. The van der Waals surface area contributed by atoms with Crippen LogP contribution in [0.4, 0.5) is 0 Å².